The molecule has 0 heterocycles. The van der Waals surface area contributed by atoms with Crippen molar-refractivity contribution < 1.29 is 23.7 Å². The van der Waals surface area contributed by atoms with Crippen molar-refractivity contribution in [1.82, 2.24) is 4.90 Å². The summed E-state index contributed by atoms with van der Waals surface area (Å²) in [6, 6.07) is 0. The van der Waals surface area contributed by atoms with Crippen LogP contribution >= 0.6 is 0 Å². The molecule has 6 heteroatoms. The molecule has 0 unspecified atom stereocenters. The standard InChI is InChI=1S/C61H123NO5/c1-6-9-12-15-18-21-24-27-30-33-36-39-42-48-53-64-56-61(59-67-60(63)51-46-45-47-52-62(4)5,57-65-54-49-43-40-37-34-31-28-25-22-19-16-13-10-7-2)58-66-55-50-44-41-38-35-32-29-26-23-20-17-14-11-8-3/h6-59H2,1-5H3. The summed E-state index contributed by atoms with van der Waals surface area (Å²) < 4.78 is 25.5. The van der Waals surface area contributed by atoms with Crippen LogP contribution in [-0.4, -0.2) is 77.8 Å². The third-order valence-corrected chi connectivity index (χ3v) is 14.2. The number of carbonyl (C=O) groups is 1. The Hall–Kier alpha value is -0.690. The van der Waals surface area contributed by atoms with Gasteiger partial charge in [-0.05, 0) is 52.7 Å². The van der Waals surface area contributed by atoms with Crippen molar-refractivity contribution in [2.75, 3.05) is 66.9 Å². The van der Waals surface area contributed by atoms with E-state index in [4.69, 9.17) is 18.9 Å². The highest BCUT2D eigenvalue weighted by molar-refractivity contribution is 5.69. The normalized spacial score (nSPS) is 12.0. The Bertz CT molecular complexity index is 840. The Kier molecular flexibility index (Phi) is 55.6. The van der Waals surface area contributed by atoms with Gasteiger partial charge in [-0.25, -0.2) is 0 Å². The van der Waals surface area contributed by atoms with Crippen molar-refractivity contribution in [1.29, 1.82) is 0 Å². The van der Waals surface area contributed by atoms with Gasteiger partial charge in [-0.1, -0.05) is 278 Å². The monoisotopic (exact) mass is 950 g/mol. The van der Waals surface area contributed by atoms with Crippen LogP contribution in [0.3, 0.4) is 0 Å². The SMILES string of the molecule is CCCCCCCCCCCCCCCCOCC(COCCCCCCCCCCCCCCCC)(COCCCCCCCCCCCCCCCC)COC(=O)CCCCCN(C)C. The lowest BCUT2D eigenvalue weighted by Crippen LogP contribution is -2.42. The van der Waals surface area contributed by atoms with Gasteiger partial charge in [0.25, 0.3) is 0 Å². The molecule has 402 valence electrons. The minimum Gasteiger partial charge on any atom is -0.465 e. The first-order chi connectivity index (χ1) is 33.0. The first-order valence-electron chi connectivity index (χ1n) is 30.5. The molecule has 0 spiro atoms. The minimum absolute atomic E-state index is 0.0971. The van der Waals surface area contributed by atoms with E-state index in [1.807, 2.05) is 0 Å². The van der Waals surface area contributed by atoms with Crippen LogP contribution in [0.5, 0.6) is 0 Å². The predicted octanol–water partition coefficient (Wildman–Crippen LogP) is 19.1. The molecule has 6 nitrogen and oxygen atoms in total. The van der Waals surface area contributed by atoms with Gasteiger partial charge in [0.05, 0.1) is 25.2 Å². The van der Waals surface area contributed by atoms with Gasteiger partial charge in [0.15, 0.2) is 0 Å². The van der Waals surface area contributed by atoms with Gasteiger partial charge in [0.1, 0.15) is 6.61 Å². The lowest BCUT2D eigenvalue weighted by Gasteiger charge is -2.33. The van der Waals surface area contributed by atoms with Gasteiger partial charge >= 0.3 is 5.97 Å². The lowest BCUT2D eigenvalue weighted by atomic mass is 9.92. The quantitative estimate of drug-likeness (QED) is 0.0447. The van der Waals surface area contributed by atoms with Crippen LogP contribution in [0.2, 0.25) is 0 Å². The zero-order valence-electron chi connectivity index (χ0n) is 46.7. The average Bonchev–Trinajstić information content (AvgIpc) is 3.32. The Morgan fingerprint density at radius 1 is 0.313 bits per heavy atom. The average molecular weight is 951 g/mol. The van der Waals surface area contributed by atoms with Gasteiger partial charge in [-0.2, -0.15) is 0 Å². The lowest BCUT2D eigenvalue weighted by molar-refractivity contribution is -0.156. The van der Waals surface area contributed by atoms with Crippen LogP contribution in [-0.2, 0) is 23.7 Å². The number of esters is 1. The van der Waals surface area contributed by atoms with E-state index in [0.29, 0.717) is 32.8 Å². The second-order valence-electron chi connectivity index (χ2n) is 21.7. The highest BCUT2D eigenvalue weighted by Crippen LogP contribution is 2.24. The van der Waals surface area contributed by atoms with E-state index in [0.717, 1.165) is 64.9 Å². The molecule has 0 aliphatic carbocycles. The maximum absolute atomic E-state index is 13.1. The molecule has 0 aliphatic rings. The summed E-state index contributed by atoms with van der Waals surface area (Å²) in [7, 11) is 4.22. The molecule has 0 aromatic rings. The molecule has 0 saturated carbocycles. The second-order valence-corrected chi connectivity index (χ2v) is 21.7. The molecule has 0 aromatic carbocycles. The molecule has 0 atom stereocenters. The number of nitrogens with zero attached hydrogens (tertiary/aromatic N) is 1. The third-order valence-electron chi connectivity index (χ3n) is 14.2. The minimum atomic E-state index is -0.484. The first-order valence-corrected chi connectivity index (χ1v) is 30.5. The number of hydrogen-bond acceptors (Lipinski definition) is 6. The summed E-state index contributed by atoms with van der Waals surface area (Å²) in [6.45, 7) is 12.0. The molecule has 0 N–H and O–H groups in total. The molecular formula is C61H123NO5. The van der Waals surface area contributed by atoms with Crippen LogP contribution in [0.1, 0.15) is 316 Å². The second kappa shape index (κ2) is 56.2. The number of unbranched alkanes of at least 4 members (excludes halogenated alkanes) is 41. The number of rotatable bonds is 59. The van der Waals surface area contributed by atoms with E-state index >= 15 is 0 Å². The predicted molar refractivity (Wildman–Crippen MR) is 294 cm³/mol. The highest BCUT2D eigenvalue weighted by atomic mass is 16.5. The van der Waals surface area contributed by atoms with Crippen LogP contribution in [0, 0.1) is 5.41 Å². The molecular weight excluding hydrogens is 827 g/mol. The van der Waals surface area contributed by atoms with Crippen molar-refractivity contribution in [2.24, 2.45) is 5.41 Å². The van der Waals surface area contributed by atoms with E-state index in [-0.39, 0.29) is 5.97 Å². The summed E-state index contributed by atoms with van der Waals surface area (Å²) in [5, 5.41) is 0. The van der Waals surface area contributed by atoms with Crippen molar-refractivity contribution in [3.8, 4) is 0 Å². The van der Waals surface area contributed by atoms with Gasteiger partial charge in [0.2, 0.25) is 0 Å². The van der Waals surface area contributed by atoms with E-state index in [9.17, 15) is 4.79 Å². The molecule has 0 fully saturated rings. The topological polar surface area (TPSA) is 57.2 Å². The zero-order valence-corrected chi connectivity index (χ0v) is 46.7. The zero-order chi connectivity index (χ0) is 48.7. The molecule has 0 radical (unpaired) electrons. The van der Waals surface area contributed by atoms with E-state index < -0.39 is 5.41 Å². The number of carbonyl (C=O) groups excluding carboxylic acids is 1. The Balaban J connectivity index is 4.96. The maximum Gasteiger partial charge on any atom is 0.305 e. The molecule has 67 heavy (non-hydrogen) atoms. The smallest absolute Gasteiger partial charge is 0.305 e. The fourth-order valence-corrected chi connectivity index (χ4v) is 9.49. The van der Waals surface area contributed by atoms with Crippen LogP contribution in [0.15, 0.2) is 0 Å². The Morgan fingerprint density at radius 2 is 0.552 bits per heavy atom. The molecule has 0 bridgehead atoms. The van der Waals surface area contributed by atoms with Crippen molar-refractivity contribution in [3.05, 3.63) is 0 Å². The number of hydrogen-bond donors (Lipinski definition) is 0. The largest absolute Gasteiger partial charge is 0.465 e. The fraction of sp³-hybridized carbons (Fsp3) is 0.984. The maximum atomic E-state index is 13.1. The van der Waals surface area contributed by atoms with Gasteiger partial charge in [-0.3, -0.25) is 4.79 Å². The summed E-state index contributed by atoms with van der Waals surface area (Å²) in [4.78, 5) is 15.3. The van der Waals surface area contributed by atoms with Gasteiger partial charge in [-0.15, -0.1) is 0 Å². The van der Waals surface area contributed by atoms with Crippen LogP contribution < -0.4 is 0 Å². The summed E-state index contributed by atoms with van der Waals surface area (Å²) in [6.07, 6.45) is 60.4. The molecule has 0 saturated heterocycles. The van der Waals surface area contributed by atoms with Crippen LogP contribution in [0.25, 0.3) is 0 Å². The van der Waals surface area contributed by atoms with Gasteiger partial charge in [0, 0.05) is 26.2 Å². The molecule has 0 aliphatic heterocycles. The van der Waals surface area contributed by atoms with E-state index in [1.165, 1.54) is 250 Å². The summed E-state index contributed by atoms with van der Waals surface area (Å²) in [5.41, 5.74) is -0.484. The third kappa shape index (κ3) is 53.0. The van der Waals surface area contributed by atoms with Crippen molar-refractivity contribution in [3.63, 3.8) is 0 Å². The summed E-state index contributed by atoms with van der Waals surface area (Å²) in [5.74, 6) is -0.0971. The summed E-state index contributed by atoms with van der Waals surface area (Å²) >= 11 is 0. The van der Waals surface area contributed by atoms with E-state index in [2.05, 4.69) is 39.8 Å². The number of ether oxygens (including phenoxy) is 4. The van der Waals surface area contributed by atoms with Crippen LogP contribution in [0.4, 0.5) is 0 Å². The molecule has 0 aromatic heterocycles. The molecule has 0 rings (SSSR count). The van der Waals surface area contributed by atoms with E-state index in [1.54, 1.807) is 0 Å². The molecule has 0 amide bonds. The Morgan fingerprint density at radius 3 is 0.806 bits per heavy atom. The Labute approximate surface area is 421 Å². The highest BCUT2D eigenvalue weighted by Gasteiger charge is 2.34. The fourth-order valence-electron chi connectivity index (χ4n) is 9.49. The van der Waals surface area contributed by atoms with Crippen molar-refractivity contribution in [2.45, 2.75) is 316 Å². The van der Waals surface area contributed by atoms with Gasteiger partial charge < -0.3 is 23.8 Å². The van der Waals surface area contributed by atoms with Crippen molar-refractivity contribution >= 4 is 5.97 Å². The first kappa shape index (κ1) is 66.3.